The molecule has 2 N–H and O–H groups in total. The third-order valence-corrected chi connectivity index (χ3v) is 4.85. The van der Waals surface area contributed by atoms with E-state index in [-0.39, 0.29) is 16.9 Å². The number of carbonyl (C=O) groups excluding carboxylic acids is 2. The molecule has 0 bridgehead atoms. The largest absolute Gasteiger partial charge is 0.506 e. The van der Waals surface area contributed by atoms with Crippen LogP contribution in [0.1, 0.15) is 27.6 Å². The van der Waals surface area contributed by atoms with Crippen LogP contribution in [0.5, 0.6) is 5.75 Å². The van der Waals surface area contributed by atoms with Crippen molar-refractivity contribution in [2.24, 2.45) is 0 Å². The number of carbonyl (C=O) groups is 2. The van der Waals surface area contributed by atoms with Crippen molar-refractivity contribution in [1.29, 1.82) is 0 Å². The van der Waals surface area contributed by atoms with Crippen LogP contribution in [-0.4, -0.2) is 37.6 Å². The van der Waals surface area contributed by atoms with E-state index in [0.29, 0.717) is 11.1 Å². The third kappa shape index (κ3) is 4.72. The quantitative estimate of drug-likeness (QED) is 0.474. The Morgan fingerprint density at radius 1 is 1.00 bits per heavy atom. The van der Waals surface area contributed by atoms with Gasteiger partial charge in [-0.25, -0.2) is 13.2 Å². The van der Waals surface area contributed by atoms with Gasteiger partial charge in [0, 0.05) is 16.6 Å². The van der Waals surface area contributed by atoms with Gasteiger partial charge in [-0.2, -0.15) is 0 Å². The molecule has 0 radical (unpaired) electrons. The minimum absolute atomic E-state index is 0.0314. The first-order valence-corrected chi connectivity index (χ1v) is 10.6. The van der Waals surface area contributed by atoms with Gasteiger partial charge in [0.2, 0.25) is 15.8 Å². The summed E-state index contributed by atoms with van der Waals surface area (Å²) in [5, 5.41) is 11.7. The maximum atomic E-state index is 12.5. The molecule has 0 amide bonds. The van der Waals surface area contributed by atoms with Crippen molar-refractivity contribution in [3.8, 4) is 5.75 Å². The molecular formula is C21H19NO6S. The van der Waals surface area contributed by atoms with Crippen molar-refractivity contribution in [3.63, 3.8) is 0 Å². The number of aromatic hydroxyl groups is 1. The summed E-state index contributed by atoms with van der Waals surface area (Å²) in [6.07, 6.45) is -0.0717. The van der Waals surface area contributed by atoms with Gasteiger partial charge in [0.15, 0.2) is 6.10 Å². The van der Waals surface area contributed by atoms with Gasteiger partial charge in [0.1, 0.15) is 11.3 Å². The maximum absolute atomic E-state index is 12.5. The molecule has 3 aromatic rings. The third-order valence-electron chi connectivity index (χ3n) is 4.25. The van der Waals surface area contributed by atoms with E-state index < -0.39 is 27.9 Å². The lowest BCUT2D eigenvalue weighted by atomic mass is 10.0. The Kier molecular flexibility index (Phi) is 5.56. The molecule has 8 heteroatoms. The Bertz CT molecular complexity index is 1190. The van der Waals surface area contributed by atoms with Crippen molar-refractivity contribution < 1.29 is 27.9 Å². The average Bonchev–Trinajstić information content (AvgIpc) is 2.67. The molecule has 3 rings (SSSR count). The molecule has 0 spiro atoms. The van der Waals surface area contributed by atoms with Crippen LogP contribution in [0.15, 0.2) is 60.7 Å². The van der Waals surface area contributed by atoms with Gasteiger partial charge in [0.05, 0.1) is 6.26 Å². The fourth-order valence-electron chi connectivity index (χ4n) is 2.85. The number of rotatable bonds is 6. The first kappa shape index (κ1) is 20.3. The summed E-state index contributed by atoms with van der Waals surface area (Å²) in [7, 11) is -3.42. The highest BCUT2D eigenvalue weighted by atomic mass is 32.2. The van der Waals surface area contributed by atoms with Gasteiger partial charge in [-0.05, 0) is 42.6 Å². The van der Waals surface area contributed by atoms with Crippen molar-refractivity contribution in [2.75, 3.05) is 11.0 Å². The van der Waals surface area contributed by atoms with Crippen molar-refractivity contribution in [1.82, 2.24) is 0 Å². The topological polar surface area (TPSA) is 110 Å². The predicted molar refractivity (Wildman–Crippen MR) is 110 cm³/mol. The Morgan fingerprint density at radius 2 is 1.66 bits per heavy atom. The zero-order valence-electron chi connectivity index (χ0n) is 15.7. The molecule has 29 heavy (non-hydrogen) atoms. The van der Waals surface area contributed by atoms with Crippen LogP contribution in [0, 0.1) is 0 Å². The summed E-state index contributed by atoms with van der Waals surface area (Å²) >= 11 is 0. The molecule has 150 valence electrons. The number of ketones is 1. The van der Waals surface area contributed by atoms with E-state index in [1.807, 2.05) is 6.07 Å². The number of ether oxygens (including phenoxy) is 1. The highest BCUT2D eigenvalue weighted by Crippen LogP contribution is 2.29. The van der Waals surface area contributed by atoms with E-state index in [1.54, 1.807) is 24.3 Å². The summed E-state index contributed by atoms with van der Waals surface area (Å²) in [6.45, 7) is 1.43. The van der Waals surface area contributed by atoms with Crippen LogP contribution in [0.2, 0.25) is 0 Å². The fourth-order valence-corrected chi connectivity index (χ4v) is 3.41. The normalized spacial score (nSPS) is 12.3. The monoisotopic (exact) mass is 413 g/mol. The number of esters is 1. The molecule has 0 aliphatic rings. The molecule has 0 aromatic heterocycles. The van der Waals surface area contributed by atoms with Crippen LogP contribution >= 0.6 is 0 Å². The van der Waals surface area contributed by atoms with E-state index in [0.717, 1.165) is 11.6 Å². The summed E-state index contributed by atoms with van der Waals surface area (Å²) in [4.78, 5) is 25.0. The number of hydrogen-bond acceptors (Lipinski definition) is 6. The lowest BCUT2D eigenvalue weighted by Crippen LogP contribution is -2.24. The average molecular weight is 413 g/mol. The molecule has 0 fully saturated rings. The van der Waals surface area contributed by atoms with Crippen LogP contribution in [0.4, 0.5) is 5.69 Å². The zero-order chi connectivity index (χ0) is 21.2. The second kappa shape index (κ2) is 7.92. The van der Waals surface area contributed by atoms with Gasteiger partial charge >= 0.3 is 5.97 Å². The van der Waals surface area contributed by atoms with Gasteiger partial charge in [0.25, 0.3) is 0 Å². The molecule has 0 unspecified atom stereocenters. The standard InChI is InChI=1S/C21H19NO6S/c1-13(19(23)15-7-10-16(11-8-15)22-29(2,26)27)28-21(25)18-12-9-14-5-3-4-6-17(14)20(18)24/h3-13,22,24H,1-2H3/t13-/m0/s1. The first-order chi connectivity index (χ1) is 13.7. The minimum atomic E-state index is -3.42. The molecule has 7 nitrogen and oxygen atoms in total. The van der Waals surface area contributed by atoms with Crippen LogP contribution in [-0.2, 0) is 14.8 Å². The SMILES string of the molecule is C[C@H](OC(=O)c1ccc2ccccc2c1O)C(=O)c1ccc(NS(C)(=O)=O)cc1. The van der Waals surface area contributed by atoms with E-state index in [4.69, 9.17) is 4.74 Å². The lowest BCUT2D eigenvalue weighted by molar-refractivity contribution is 0.0316. The van der Waals surface area contributed by atoms with Crippen LogP contribution in [0.25, 0.3) is 10.8 Å². The van der Waals surface area contributed by atoms with E-state index in [1.165, 1.54) is 37.3 Å². The number of benzene rings is 3. The lowest BCUT2D eigenvalue weighted by Gasteiger charge is -2.14. The molecule has 0 heterocycles. The number of phenols is 1. The maximum Gasteiger partial charge on any atom is 0.342 e. The molecule has 0 aliphatic carbocycles. The summed E-state index contributed by atoms with van der Waals surface area (Å²) in [5.41, 5.74) is 0.540. The summed E-state index contributed by atoms with van der Waals surface area (Å²) in [5.74, 6) is -1.47. The van der Waals surface area contributed by atoms with Crippen molar-refractivity contribution >= 4 is 38.2 Å². The van der Waals surface area contributed by atoms with Gasteiger partial charge in [-0.1, -0.05) is 30.3 Å². The highest BCUT2D eigenvalue weighted by Gasteiger charge is 2.23. The number of hydrogen-bond donors (Lipinski definition) is 2. The van der Waals surface area contributed by atoms with Crippen LogP contribution in [0.3, 0.4) is 0 Å². The second-order valence-electron chi connectivity index (χ2n) is 6.55. The molecular weight excluding hydrogens is 394 g/mol. The number of Topliss-reactive ketones (excluding diaryl/α,β-unsaturated/α-hetero) is 1. The molecule has 0 saturated heterocycles. The summed E-state index contributed by atoms with van der Waals surface area (Å²) in [6, 6.07) is 15.9. The molecule has 3 aromatic carbocycles. The Labute approximate surface area is 168 Å². The first-order valence-electron chi connectivity index (χ1n) is 8.69. The smallest absolute Gasteiger partial charge is 0.342 e. The number of nitrogens with one attached hydrogen (secondary N) is 1. The number of sulfonamides is 1. The number of anilines is 1. The fraction of sp³-hybridized carbons (Fsp3) is 0.143. The highest BCUT2D eigenvalue weighted by molar-refractivity contribution is 7.92. The summed E-state index contributed by atoms with van der Waals surface area (Å²) < 4.78 is 30.0. The molecule has 0 aliphatic heterocycles. The van der Waals surface area contributed by atoms with Gasteiger partial charge in [-0.3, -0.25) is 9.52 Å². The minimum Gasteiger partial charge on any atom is -0.506 e. The zero-order valence-corrected chi connectivity index (χ0v) is 16.6. The Morgan fingerprint density at radius 3 is 2.31 bits per heavy atom. The van der Waals surface area contributed by atoms with E-state index in [2.05, 4.69) is 4.72 Å². The Hall–Kier alpha value is -3.39. The molecule has 0 saturated carbocycles. The van der Waals surface area contributed by atoms with Crippen molar-refractivity contribution in [2.45, 2.75) is 13.0 Å². The van der Waals surface area contributed by atoms with E-state index in [9.17, 15) is 23.1 Å². The Balaban J connectivity index is 1.74. The number of phenolic OH excluding ortho intramolecular Hbond substituents is 1. The second-order valence-corrected chi connectivity index (χ2v) is 8.29. The molecule has 1 atom stereocenters. The predicted octanol–water partition coefficient (Wildman–Crippen LogP) is 3.35. The van der Waals surface area contributed by atoms with Gasteiger partial charge < -0.3 is 9.84 Å². The van der Waals surface area contributed by atoms with E-state index >= 15 is 0 Å². The van der Waals surface area contributed by atoms with Crippen molar-refractivity contribution in [3.05, 3.63) is 71.8 Å². The van der Waals surface area contributed by atoms with Crippen LogP contribution < -0.4 is 4.72 Å². The van der Waals surface area contributed by atoms with Gasteiger partial charge in [-0.15, -0.1) is 0 Å². The number of fused-ring (bicyclic) bond motifs is 1.